The van der Waals surface area contributed by atoms with Crippen LogP contribution in [0.15, 0.2) is 6.20 Å². The summed E-state index contributed by atoms with van der Waals surface area (Å²) in [5.74, 6) is -15.2. The molecule has 0 spiro atoms. The number of hydrogen-bond acceptors (Lipinski definition) is 2. The largest absolute Gasteiger partial charge is 0.460 e. The van der Waals surface area contributed by atoms with Crippen LogP contribution in [0, 0.1) is 6.92 Å². The summed E-state index contributed by atoms with van der Waals surface area (Å²) in [6.45, 7) is 1.25. The van der Waals surface area contributed by atoms with Crippen LogP contribution in [-0.2, 0) is 11.8 Å². The number of carbonyl (C=O) groups excluding carboxylic acids is 1. The number of halogens is 7. The molecule has 0 saturated carbocycles. The highest BCUT2D eigenvalue weighted by molar-refractivity contribution is 5.97. The lowest BCUT2D eigenvalue weighted by Crippen LogP contribution is -2.57. The predicted octanol–water partition coefficient (Wildman–Crippen LogP) is 2.50. The van der Waals surface area contributed by atoms with E-state index in [0.717, 1.165) is 10.9 Å². The molecule has 1 rings (SSSR count). The van der Waals surface area contributed by atoms with Gasteiger partial charge in [-0.2, -0.15) is 35.8 Å². The lowest BCUT2D eigenvalue weighted by Gasteiger charge is -2.26. The lowest BCUT2D eigenvalue weighted by molar-refractivity contribution is -0.343. The van der Waals surface area contributed by atoms with E-state index in [1.54, 1.807) is 0 Å². The quantitative estimate of drug-likeness (QED) is 0.872. The molecule has 0 aliphatic heterocycles. The number of rotatable bonds is 3. The SMILES string of the molecule is Cc1nn(C)cc1NC(=O)C(F)(F)C(F)(F)C(F)(F)F. The average molecular weight is 307 g/mol. The van der Waals surface area contributed by atoms with E-state index in [4.69, 9.17) is 0 Å². The van der Waals surface area contributed by atoms with Crippen molar-refractivity contribution in [2.24, 2.45) is 7.05 Å². The highest BCUT2D eigenvalue weighted by Gasteiger charge is 2.76. The second-order valence-electron chi connectivity index (χ2n) is 3.90. The molecule has 1 aromatic rings. The minimum atomic E-state index is -6.56. The van der Waals surface area contributed by atoms with Crippen LogP contribution in [-0.4, -0.2) is 33.7 Å². The smallest absolute Gasteiger partial charge is 0.318 e. The fourth-order valence-electron chi connectivity index (χ4n) is 1.24. The maximum atomic E-state index is 13.0. The van der Waals surface area contributed by atoms with Crippen LogP contribution in [0.5, 0.6) is 0 Å². The number of aryl methyl sites for hydroxylation is 2. The third-order valence-electron chi connectivity index (χ3n) is 2.30. The van der Waals surface area contributed by atoms with E-state index >= 15 is 0 Å². The highest BCUT2D eigenvalue weighted by atomic mass is 19.4. The minimum absolute atomic E-state index is 0.0213. The molecule has 11 heteroatoms. The van der Waals surface area contributed by atoms with Gasteiger partial charge in [0.05, 0.1) is 11.4 Å². The van der Waals surface area contributed by atoms with E-state index in [-0.39, 0.29) is 5.69 Å². The Hall–Kier alpha value is -1.81. The number of hydrogen-bond donors (Lipinski definition) is 1. The lowest BCUT2D eigenvalue weighted by atomic mass is 10.1. The number of carbonyl (C=O) groups is 1. The second kappa shape index (κ2) is 4.63. The van der Waals surface area contributed by atoms with Gasteiger partial charge in [0, 0.05) is 13.2 Å². The van der Waals surface area contributed by atoms with Gasteiger partial charge >= 0.3 is 23.9 Å². The van der Waals surface area contributed by atoms with Gasteiger partial charge in [-0.05, 0) is 6.92 Å². The average Bonchev–Trinajstić information content (AvgIpc) is 2.55. The van der Waals surface area contributed by atoms with Gasteiger partial charge < -0.3 is 5.32 Å². The Kier molecular flexibility index (Phi) is 3.76. The molecule has 114 valence electrons. The molecular formula is C9H8F7N3O. The molecular weight excluding hydrogens is 299 g/mol. The Morgan fingerprint density at radius 1 is 1.20 bits per heavy atom. The topological polar surface area (TPSA) is 46.9 Å². The van der Waals surface area contributed by atoms with Crippen LogP contribution in [0.4, 0.5) is 36.4 Å². The van der Waals surface area contributed by atoms with E-state index < -0.39 is 29.6 Å². The van der Waals surface area contributed by atoms with Gasteiger partial charge in [0.15, 0.2) is 0 Å². The van der Waals surface area contributed by atoms with Crippen molar-refractivity contribution in [2.75, 3.05) is 5.32 Å². The monoisotopic (exact) mass is 307 g/mol. The molecule has 1 heterocycles. The van der Waals surface area contributed by atoms with Gasteiger partial charge in [0.2, 0.25) is 0 Å². The summed E-state index contributed by atoms with van der Waals surface area (Å²) in [5.41, 5.74) is -0.415. The summed E-state index contributed by atoms with van der Waals surface area (Å²) in [7, 11) is 1.34. The molecule has 0 aliphatic rings. The third-order valence-corrected chi connectivity index (χ3v) is 2.30. The van der Waals surface area contributed by atoms with Gasteiger partial charge in [0.25, 0.3) is 0 Å². The maximum Gasteiger partial charge on any atom is 0.460 e. The standard InChI is InChI=1S/C9H8F7N3O/c1-4-5(3-19(2)18-4)17-6(20)7(10,11)8(12,13)9(14,15)16/h3H,1-2H3,(H,17,20). The van der Waals surface area contributed by atoms with Crippen LogP contribution in [0.2, 0.25) is 0 Å². The molecule has 0 aliphatic carbocycles. The Morgan fingerprint density at radius 3 is 2.05 bits per heavy atom. The van der Waals surface area contributed by atoms with Gasteiger partial charge in [-0.1, -0.05) is 0 Å². The Labute approximate surface area is 107 Å². The van der Waals surface area contributed by atoms with Gasteiger partial charge in [-0.15, -0.1) is 0 Å². The Morgan fingerprint density at radius 2 is 1.70 bits per heavy atom. The summed E-state index contributed by atoms with van der Waals surface area (Å²) >= 11 is 0. The van der Waals surface area contributed by atoms with E-state index in [0.29, 0.717) is 0 Å². The van der Waals surface area contributed by atoms with Gasteiger partial charge in [0.1, 0.15) is 0 Å². The summed E-state index contributed by atoms with van der Waals surface area (Å²) in [4.78, 5) is 11.0. The molecule has 1 N–H and O–H groups in total. The highest BCUT2D eigenvalue weighted by Crippen LogP contribution is 2.46. The summed E-state index contributed by atoms with van der Waals surface area (Å²) in [6.07, 6.45) is -5.58. The zero-order valence-corrected chi connectivity index (χ0v) is 10.0. The zero-order valence-electron chi connectivity index (χ0n) is 10.0. The second-order valence-corrected chi connectivity index (χ2v) is 3.90. The van der Waals surface area contributed by atoms with E-state index in [9.17, 15) is 35.5 Å². The Balaban J connectivity index is 3.04. The summed E-state index contributed by atoms with van der Waals surface area (Å²) < 4.78 is 87.9. The van der Waals surface area contributed by atoms with E-state index in [1.807, 2.05) is 0 Å². The van der Waals surface area contributed by atoms with Crippen LogP contribution >= 0.6 is 0 Å². The van der Waals surface area contributed by atoms with Crippen molar-refractivity contribution in [3.63, 3.8) is 0 Å². The number of aromatic nitrogens is 2. The fourth-order valence-corrected chi connectivity index (χ4v) is 1.24. The first-order chi connectivity index (χ1) is 8.80. The van der Waals surface area contributed by atoms with Gasteiger partial charge in [-0.3, -0.25) is 9.48 Å². The molecule has 0 aromatic carbocycles. The van der Waals surface area contributed by atoms with Crippen LogP contribution in [0.1, 0.15) is 5.69 Å². The number of nitrogens with one attached hydrogen (secondary N) is 1. The van der Waals surface area contributed by atoms with E-state index in [2.05, 4.69) is 5.10 Å². The predicted molar refractivity (Wildman–Crippen MR) is 52.5 cm³/mol. The Bertz CT molecular complexity index is 520. The summed E-state index contributed by atoms with van der Waals surface area (Å²) in [6, 6.07) is 0. The first kappa shape index (κ1) is 16.2. The van der Waals surface area contributed by atoms with Gasteiger partial charge in [-0.25, -0.2) is 0 Å². The molecule has 0 atom stereocenters. The number of amides is 1. The number of alkyl halides is 7. The van der Waals surface area contributed by atoms with Crippen molar-refractivity contribution < 1.29 is 35.5 Å². The maximum absolute atomic E-state index is 13.0. The molecule has 0 bridgehead atoms. The van der Waals surface area contributed by atoms with Crippen molar-refractivity contribution in [3.05, 3.63) is 11.9 Å². The number of anilines is 1. The van der Waals surface area contributed by atoms with Crippen LogP contribution in [0.3, 0.4) is 0 Å². The molecule has 0 saturated heterocycles. The van der Waals surface area contributed by atoms with Crippen molar-refractivity contribution in [2.45, 2.75) is 24.9 Å². The van der Waals surface area contributed by atoms with Crippen molar-refractivity contribution in [1.82, 2.24) is 9.78 Å². The third kappa shape index (κ3) is 2.56. The minimum Gasteiger partial charge on any atom is -0.318 e. The molecule has 0 fully saturated rings. The fraction of sp³-hybridized carbons (Fsp3) is 0.556. The number of nitrogens with zero attached hydrogens (tertiary/aromatic N) is 2. The molecule has 0 radical (unpaired) electrons. The zero-order chi connectivity index (χ0) is 15.9. The van der Waals surface area contributed by atoms with Crippen molar-refractivity contribution in [3.8, 4) is 0 Å². The van der Waals surface area contributed by atoms with E-state index in [1.165, 1.54) is 19.3 Å². The molecule has 0 unspecified atom stereocenters. The van der Waals surface area contributed by atoms with Crippen LogP contribution < -0.4 is 5.32 Å². The normalized spacial score (nSPS) is 13.4. The van der Waals surface area contributed by atoms with Crippen molar-refractivity contribution >= 4 is 11.6 Å². The molecule has 1 amide bonds. The van der Waals surface area contributed by atoms with Crippen LogP contribution in [0.25, 0.3) is 0 Å². The molecule has 1 aromatic heterocycles. The molecule has 20 heavy (non-hydrogen) atoms. The first-order valence-electron chi connectivity index (χ1n) is 4.94. The molecule has 4 nitrogen and oxygen atoms in total. The summed E-state index contributed by atoms with van der Waals surface area (Å²) in [5, 5.41) is 4.90. The first-order valence-corrected chi connectivity index (χ1v) is 4.94. The van der Waals surface area contributed by atoms with Crippen molar-refractivity contribution in [1.29, 1.82) is 0 Å².